The van der Waals surface area contributed by atoms with E-state index in [1.807, 2.05) is 36.5 Å². The van der Waals surface area contributed by atoms with Gasteiger partial charge in [-0.2, -0.15) is 0 Å². The number of aromatic hydroxyl groups is 1. The number of anilines is 1. The van der Waals surface area contributed by atoms with Crippen molar-refractivity contribution in [1.29, 1.82) is 0 Å². The van der Waals surface area contributed by atoms with Gasteiger partial charge >= 0.3 is 0 Å². The van der Waals surface area contributed by atoms with Crippen molar-refractivity contribution in [2.45, 2.75) is 39.3 Å². The van der Waals surface area contributed by atoms with E-state index >= 15 is 0 Å². The van der Waals surface area contributed by atoms with Crippen LogP contribution in [-0.2, 0) is 6.42 Å². The number of hydrogen-bond acceptors (Lipinski definition) is 3. The van der Waals surface area contributed by atoms with E-state index in [1.165, 1.54) is 28.2 Å². The molecule has 1 fully saturated rings. The molecule has 5 nitrogen and oxygen atoms in total. The molecule has 0 aliphatic carbocycles. The predicted octanol–water partition coefficient (Wildman–Crippen LogP) is 5.93. The lowest BCUT2D eigenvalue weighted by Gasteiger charge is -2.28. The fourth-order valence-corrected chi connectivity index (χ4v) is 5.39. The Morgan fingerprint density at radius 3 is 2.44 bits per heavy atom. The summed E-state index contributed by atoms with van der Waals surface area (Å²) in [5.41, 5.74) is 7.95. The molecular weight excluding hydrogens is 440 g/mol. The minimum atomic E-state index is -0.113. The summed E-state index contributed by atoms with van der Waals surface area (Å²) in [5.74, 6) is 0.231. The lowest BCUT2D eigenvalue weighted by atomic mass is 9.96. The highest BCUT2D eigenvalue weighted by atomic mass is 32.1. The number of phenolic OH excluding ortho intramolecular Hbond substituents is 1. The van der Waals surface area contributed by atoms with E-state index in [0.29, 0.717) is 5.11 Å². The minimum Gasteiger partial charge on any atom is -0.508 e. The average molecular weight is 469 g/mol. The van der Waals surface area contributed by atoms with Crippen LogP contribution in [0.1, 0.15) is 47.2 Å². The van der Waals surface area contributed by atoms with Gasteiger partial charge in [0.05, 0.1) is 17.8 Å². The van der Waals surface area contributed by atoms with Crippen molar-refractivity contribution in [1.82, 2.24) is 14.9 Å². The maximum atomic E-state index is 9.86. The Balaban J connectivity index is 1.69. The number of benzene rings is 2. The molecule has 4 aromatic rings. The summed E-state index contributed by atoms with van der Waals surface area (Å²) in [6.45, 7) is 6.53. The van der Waals surface area contributed by atoms with Crippen molar-refractivity contribution in [3.8, 4) is 11.4 Å². The van der Waals surface area contributed by atoms with Crippen LogP contribution in [0.4, 0.5) is 5.69 Å². The quantitative estimate of drug-likeness (QED) is 0.355. The zero-order chi connectivity index (χ0) is 23.8. The summed E-state index contributed by atoms with van der Waals surface area (Å²) in [6.07, 6.45) is 2.79. The van der Waals surface area contributed by atoms with Crippen molar-refractivity contribution < 1.29 is 5.11 Å². The summed E-state index contributed by atoms with van der Waals surface area (Å²) in [4.78, 5) is 6.81. The Hall–Kier alpha value is -3.64. The molecule has 3 heterocycles. The number of aromatic nitrogens is 2. The Kier molecular flexibility index (Phi) is 5.84. The van der Waals surface area contributed by atoms with Crippen molar-refractivity contribution >= 4 is 23.0 Å². The van der Waals surface area contributed by atoms with Crippen molar-refractivity contribution in [3.05, 3.63) is 107 Å². The maximum Gasteiger partial charge on any atom is 0.174 e. The van der Waals surface area contributed by atoms with Crippen LogP contribution in [0, 0.1) is 13.8 Å². The number of thiocarbonyl (C=S) groups is 1. The zero-order valence-electron chi connectivity index (χ0n) is 19.6. The molecule has 2 unspecified atom stereocenters. The molecule has 0 spiro atoms. The van der Waals surface area contributed by atoms with Crippen LogP contribution in [-0.4, -0.2) is 19.8 Å². The molecule has 2 atom stereocenters. The highest BCUT2D eigenvalue weighted by Crippen LogP contribution is 2.44. The highest BCUT2D eigenvalue weighted by molar-refractivity contribution is 7.80. The molecule has 6 heteroatoms. The second-order valence-corrected chi connectivity index (χ2v) is 9.04. The van der Waals surface area contributed by atoms with E-state index in [0.717, 1.165) is 17.8 Å². The third kappa shape index (κ3) is 3.74. The summed E-state index contributed by atoms with van der Waals surface area (Å²) in [6, 6.07) is 23.8. The lowest BCUT2D eigenvalue weighted by Crippen LogP contribution is -2.29. The number of pyridine rings is 1. The van der Waals surface area contributed by atoms with Gasteiger partial charge < -0.3 is 19.9 Å². The third-order valence-electron chi connectivity index (χ3n) is 6.63. The van der Waals surface area contributed by atoms with E-state index in [4.69, 9.17) is 12.2 Å². The Morgan fingerprint density at radius 2 is 1.74 bits per heavy atom. The number of hydrogen-bond donors (Lipinski definition) is 2. The molecular formula is C28H28N4OS. The molecule has 1 saturated heterocycles. The van der Waals surface area contributed by atoms with Gasteiger partial charge in [0.25, 0.3) is 0 Å². The Morgan fingerprint density at radius 1 is 1.00 bits per heavy atom. The largest absolute Gasteiger partial charge is 0.508 e. The van der Waals surface area contributed by atoms with E-state index in [9.17, 15) is 5.11 Å². The molecule has 1 aliphatic heterocycles. The summed E-state index contributed by atoms with van der Waals surface area (Å²) < 4.78 is 2.35. The fourth-order valence-electron chi connectivity index (χ4n) is 5.05. The molecule has 0 bridgehead atoms. The first-order valence-corrected chi connectivity index (χ1v) is 12.0. The smallest absolute Gasteiger partial charge is 0.174 e. The normalized spacial score (nSPS) is 17.7. The van der Waals surface area contributed by atoms with Crippen LogP contribution >= 0.6 is 12.2 Å². The van der Waals surface area contributed by atoms with Gasteiger partial charge in [-0.25, -0.2) is 0 Å². The first-order valence-electron chi connectivity index (χ1n) is 11.6. The number of nitrogens with one attached hydrogen (secondary N) is 1. The van der Waals surface area contributed by atoms with Crippen molar-refractivity contribution in [3.63, 3.8) is 0 Å². The molecule has 0 amide bonds. The van der Waals surface area contributed by atoms with Gasteiger partial charge in [0.2, 0.25) is 0 Å². The molecule has 0 saturated carbocycles. The van der Waals surface area contributed by atoms with E-state index in [1.54, 1.807) is 12.1 Å². The molecule has 2 aromatic carbocycles. The first kappa shape index (κ1) is 22.2. The lowest BCUT2D eigenvalue weighted by molar-refractivity contribution is 0.475. The number of aryl methyl sites for hydroxylation is 2. The molecule has 1 aliphatic rings. The first-order chi connectivity index (χ1) is 16.5. The van der Waals surface area contributed by atoms with Gasteiger partial charge in [-0.15, -0.1) is 0 Å². The molecule has 34 heavy (non-hydrogen) atoms. The second-order valence-electron chi connectivity index (χ2n) is 8.66. The van der Waals surface area contributed by atoms with Crippen LogP contribution in [0.25, 0.3) is 5.69 Å². The molecule has 5 rings (SSSR count). The predicted molar refractivity (Wildman–Crippen MR) is 141 cm³/mol. The van der Waals surface area contributed by atoms with Crippen LogP contribution in [0.5, 0.6) is 5.75 Å². The van der Waals surface area contributed by atoms with Gasteiger partial charge in [-0.05, 0) is 92.1 Å². The Labute approximate surface area is 205 Å². The molecule has 2 N–H and O–H groups in total. The van der Waals surface area contributed by atoms with E-state index in [2.05, 4.69) is 70.9 Å². The summed E-state index contributed by atoms with van der Waals surface area (Å²) in [5, 5.41) is 14.0. The van der Waals surface area contributed by atoms with Crippen LogP contribution in [0.3, 0.4) is 0 Å². The van der Waals surface area contributed by atoms with Crippen molar-refractivity contribution in [2.75, 3.05) is 4.90 Å². The Bertz CT molecular complexity index is 1330. The van der Waals surface area contributed by atoms with Gasteiger partial charge in [0.15, 0.2) is 5.11 Å². The summed E-state index contributed by atoms with van der Waals surface area (Å²) in [7, 11) is 0. The molecule has 0 radical (unpaired) electrons. The van der Waals surface area contributed by atoms with Crippen LogP contribution in [0.15, 0.2) is 79.0 Å². The van der Waals surface area contributed by atoms with Crippen molar-refractivity contribution in [2.24, 2.45) is 0 Å². The maximum absolute atomic E-state index is 9.86. The topological polar surface area (TPSA) is 53.3 Å². The number of para-hydroxylation sites is 1. The monoisotopic (exact) mass is 468 g/mol. The van der Waals surface area contributed by atoms with Gasteiger partial charge in [0, 0.05) is 29.0 Å². The minimum absolute atomic E-state index is 0.0966. The standard InChI is InChI=1S/C28H28N4OS/c1-4-20-9-5-6-11-25(20)31-18(2)17-23(19(31)3)27-26(24-10-7-8-16-29-24)30-28(34)32(27)21-12-14-22(33)15-13-21/h5-17,26-27,33H,4H2,1-3H3,(H,30,34). The number of phenols is 1. The second kappa shape index (κ2) is 8.95. The SMILES string of the molecule is CCc1ccccc1-n1c(C)cc(C2C(c3ccccn3)NC(=S)N2c2ccc(O)cc2)c1C. The average Bonchev–Trinajstić information content (AvgIpc) is 3.35. The van der Waals surface area contributed by atoms with Gasteiger partial charge in [-0.3, -0.25) is 4.98 Å². The third-order valence-corrected chi connectivity index (χ3v) is 6.94. The van der Waals surface area contributed by atoms with Gasteiger partial charge in [-0.1, -0.05) is 31.2 Å². The fraction of sp³-hybridized carbons (Fsp3) is 0.214. The van der Waals surface area contributed by atoms with Gasteiger partial charge in [0.1, 0.15) is 5.75 Å². The number of rotatable bonds is 5. The summed E-state index contributed by atoms with van der Waals surface area (Å²) >= 11 is 5.84. The van der Waals surface area contributed by atoms with E-state index in [-0.39, 0.29) is 17.8 Å². The molecule has 172 valence electrons. The highest BCUT2D eigenvalue weighted by Gasteiger charge is 2.42. The van der Waals surface area contributed by atoms with Crippen LogP contribution < -0.4 is 10.2 Å². The zero-order valence-corrected chi connectivity index (χ0v) is 20.4. The van der Waals surface area contributed by atoms with Crippen LogP contribution in [0.2, 0.25) is 0 Å². The number of nitrogens with zero attached hydrogens (tertiary/aromatic N) is 3. The molecule has 2 aromatic heterocycles. The van der Waals surface area contributed by atoms with E-state index < -0.39 is 0 Å².